The van der Waals surface area contributed by atoms with Crippen LogP contribution in [0.3, 0.4) is 0 Å². The number of benzene rings is 1. The summed E-state index contributed by atoms with van der Waals surface area (Å²) in [6, 6.07) is 9.70. The second-order valence-electron chi connectivity index (χ2n) is 5.00. The number of ether oxygens (including phenoxy) is 1. The maximum absolute atomic E-state index is 12.3. The largest absolute Gasteiger partial charge is 0.465 e. The smallest absolute Gasteiger partial charge is 0.325 e. The van der Waals surface area contributed by atoms with Gasteiger partial charge in [0.15, 0.2) is 0 Å². The van der Waals surface area contributed by atoms with Crippen molar-refractivity contribution in [3.8, 4) is 0 Å². The third-order valence-corrected chi connectivity index (χ3v) is 3.19. The van der Waals surface area contributed by atoms with E-state index in [1.807, 2.05) is 30.3 Å². The summed E-state index contributed by atoms with van der Waals surface area (Å²) >= 11 is 0. The van der Waals surface area contributed by atoms with Crippen LogP contribution in [-0.4, -0.2) is 29.9 Å². The van der Waals surface area contributed by atoms with Crippen LogP contribution in [0.4, 0.5) is 0 Å². The van der Waals surface area contributed by atoms with E-state index >= 15 is 0 Å². The molecule has 21 heavy (non-hydrogen) atoms. The Morgan fingerprint density at radius 1 is 1.10 bits per heavy atom. The average molecular weight is 291 g/mol. The summed E-state index contributed by atoms with van der Waals surface area (Å²) in [5, 5.41) is 0. The monoisotopic (exact) mass is 291 g/mol. The highest BCUT2D eigenvalue weighted by Crippen LogP contribution is 2.09. The van der Waals surface area contributed by atoms with E-state index in [9.17, 15) is 9.59 Å². The van der Waals surface area contributed by atoms with Crippen LogP contribution in [0, 0.1) is 0 Å². The van der Waals surface area contributed by atoms with Crippen LogP contribution in [0.5, 0.6) is 0 Å². The molecule has 0 unspecified atom stereocenters. The number of nitrogens with zero attached hydrogens (tertiary/aromatic N) is 1. The van der Waals surface area contributed by atoms with Gasteiger partial charge in [0, 0.05) is 13.0 Å². The highest BCUT2D eigenvalue weighted by molar-refractivity contribution is 5.82. The zero-order valence-corrected chi connectivity index (χ0v) is 13.0. The number of carbonyl (C=O) groups excluding carboxylic acids is 2. The highest BCUT2D eigenvalue weighted by atomic mass is 16.5. The van der Waals surface area contributed by atoms with Crippen LogP contribution in [0.1, 0.15) is 45.1 Å². The molecule has 0 atom stereocenters. The minimum Gasteiger partial charge on any atom is -0.465 e. The van der Waals surface area contributed by atoms with Crippen LogP contribution < -0.4 is 0 Å². The third-order valence-electron chi connectivity index (χ3n) is 3.19. The summed E-state index contributed by atoms with van der Waals surface area (Å²) in [4.78, 5) is 25.5. The van der Waals surface area contributed by atoms with Gasteiger partial charge in [0.1, 0.15) is 6.54 Å². The molecule has 0 fully saturated rings. The molecule has 0 aliphatic heterocycles. The van der Waals surface area contributed by atoms with Crippen molar-refractivity contribution >= 4 is 11.9 Å². The van der Waals surface area contributed by atoms with Gasteiger partial charge in [-0.3, -0.25) is 9.59 Å². The number of hydrogen-bond donors (Lipinski definition) is 0. The van der Waals surface area contributed by atoms with Gasteiger partial charge < -0.3 is 9.64 Å². The van der Waals surface area contributed by atoms with Crippen LogP contribution in [0.25, 0.3) is 0 Å². The van der Waals surface area contributed by atoms with Gasteiger partial charge in [0.05, 0.1) is 6.61 Å². The fraction of sp³-hybridized carbons (Fsp3) is 0.529. The molecule has 0 saturated heterocycles. The zero-order valence-electron chi connectivity index (χ0n) is 13.0. The normalized spacial score (nSPS) is 10.2. The molecule has 4 nitrogen and oxygen atoms in total. The van der Waals surface area contributed by atoms with Gasteiger partial charge in [-0.15, -0.1) is 0 Å². The average Bonchev–Trinajstić information content (AvgIpc) is 2.48. The molecule has 1 aromatic rings. The first-order chi connectivity index (χ1) is 10.2. The number of amides is 1. The lowest BCUT2D eigenvalue weighted by Gasteiger charge is -2.22. The van der Waals surface area contributed by atoms with Gasteiger partial charge in [-0.2, -0.15) is 0 Å². The number of unbranched alkanes of at least 4 members (excludes halogenated alkanes) is 2. The highest BCUT2D eigenvalue weighted by Gasteiger charge is 2.17. The minimum atomic E-state index is -0.350. The van der Waals surface area contributed by atoms with Crippen molar-refractivity contribution in [2.75, 3.05) is 13.2 Å². The Bertz CT molecular complexity index is 431. The van der Waals surface area contributed by atoms with Crippen molar-refractivity contribution in [1.29, 1.82) is 0 Å². The molecule has 0 aromatic heterocycles. The second kappa shape index (κ2) is 9.97. The maximum atomic E-state index is 12.3. The van der Waals surface area contributed by atoms with Crippen molar-refractivity contribution in [3.63, 3.8) is 0 Å². The summed E-state index contributed by atoms with van der Waals surface area (Å²) < 4.78 is 4.95. The summed E-state index contributed by atoms with van der Waals surface area (Å²) in [5.41, 5.74) is 1.02. The quantitative estimate of drug-likeness (QED) is 0.518. The summed E-state index contributed by atoms with van der Waals surface area (Å²) in [6.07, 6.45) is 3.46. The van der Waals surface area contributed by atoms with E-state index in [0.29, 0.717) is 19.6 Å². The van der Waals surface area contributed by atoms with Crippen molar-refractivity contribution in [2.24, 2.45) is 0 Å². The molecule has 0 heterocycles. The Morgan fingerprint density at radius 3 is 2.43 bits per heavy atom. The number of carbonyl (C=O) groups is 2. The van der Waals surface area contributed by atoms with E-state index in [1.54, 1.807) is 11.8 Å². The van der Waals surface area contributed by atoms with Gasteiger partial charge in [-0.1, -0.05) is 50.1 Å². The van der Waals surface area contributed by atoms with Gasteiger partial charge in [0.25, 0.3) is 0 Å². The maximum Gasteiger partial charge on any atom is 0.325 e. The van der Waals surface area contributed by atoms with E-state index in [4.69, 9.17) is 4.74 Å². The van der Waals surface area contributed by atoms with Gasteiger partial charge in [-0.25, -0.2) is 0 Å². The predicted molar refractivity (Wildman–Crippen MR) is 82.6 cm³/mol. The van der Waals surface area contributed by atoms with Crippen LogP contribution >= 0.6 is 0 Å². The minimum absolute atomic E-state index is 0.0142. The molecule has 0 radical (unpaired) electrons. The molecule has 0 saturated carbocycles. The van der Waals surface area contributed by atoms with Crippen molar-refractivity contribution in [1.82, 2.24) is 4.90 Å². The Hall–Kier alpha value is -1.84. The third kappa shape index (κ3) is 6.93. The fourth-order valence-electron chi connectivity index (χ4n) is 2.08. The first-order valence-corrected chi connectivity index (χ1v) is 7.64. The van der Waals surface area contributed by atoms with Gasteiger partial charge >= 0.3 is 5.97 Å². The molecule has 4 heteroatoms. The van der Waals surface area contributed by atoms with Crippen molar-refractivity contribution in [2.45, 2.75) is 46.1 Å². The van der Waals surface area contributed by atoms with Gasteiger partial charge in [0.2, 0.25) is 5.91 Å². The Labute approximate surface area is 127 Å². The molecule has 0 N–H and O–H groups in total. The zero-order chi connectivity index (χ0) is 15.5. The number of hydrogen-bond acceptors (Lipinski definition) is 3. The van der Waals surface area contributed by atoms with E-state index in [2.05, 4.69) is 6.92 Å². The molecule has 1 rings (SSSR count). The lowest BCUT2D eigenvalue weighted by Crippen LogP contribution is -2.35. The molecule has 0 aliphatic carbocycles. The SMILES string of the molecule is CCCCCC(=O)N(CC(=O)OCC)Cc1ccccc1. The number of esters is 1. The number of rotatable bonds is 9. The predicted octanol–water partition coefficient (Wildman–Crippen LogP) is 3.16. The molecular weight excluding hydrogens is 266 g/mol. The van der Waals surface area contributed by atoms with E-state index in [-0.39, 0.29) is 18.4 Å². The van der Waals surface area contributed by atoms with Crippen LogP contribution in [0.2, 0.25) is 0 Å². The van der Waals surface area contributed by atoms with E-state index in [0.717, 1.165) is 24.8 Å². The molecule has 0 aliphatic rings. The second-order valence-corrected chi connectivity index (χ2v) is 5.00. The Balaban J connectivity index is 2.64. The first-order valence-electron chi connectivity index (χ1n) is 7.64. The summed E-state index contributed by atoms with van der Waals surface area (Å²) in [7, 11) is 0. The molecule has 0 spiro atoms. The summed E-state index contributed by atoms with van der Waals surface area (Å²) in [5.74, 6) is -0.336. The lowest BCUT2D eigenvalue weighted by molar-refractivity contribution is -0.149. The molecule has 116 valence electrons. The lowest BCUT2D eigenvalue weighted by atomic mass is 10.1. The molecular formula is C17H25NO3. The van der Waals surface area contributed by atoms with E-state index in [1.165, 1.54) is 0 Å². The molecule has 1 amide bonds. The topological polar surface area (TPSA) is 46.6 Å². The van der Waals surface area contributed by atoms with Crippen molar-refractivity contribution < 1.29 is 14.3 Å². The standard InChI is InChI=1S/C17H25NO3/c1-3-5-7-12-16(19)18(14-17(20)21-4-2)13-15-10-8-6-9-11-15/h6,8-11H,3-5,7,12-14H2,1-2H3. The Kier molecular flexibility index (Phi) is 8.17. The van der Waals surface area contributed by atoms with Crippen molar-refractivity contribution in [3.05, 3.63) is 35.9 Å². The molecule has 1 aromatic carbocycles. The Morgan fingerprint density at radius 2 is 1.81 bits per heavy atom. The van der Waals surface area contributed by atoms with Crippen LogP contribution in [-0.2, 0) is 20.9 Å². The van der Waals surface area contributed by atoms with Gasteiger partial charge in [-0.05, 0) is 18.9 Å². The van der Waals surface area contributed by atoms with E-state index < -0.39 is 0 Å². The first kappa shape index (κ1) is 17.2. The van der Waals surface area contributed by atoms with Crippen LogP contribution in [0.15, 0.2) is 30.3 Å². The summed E-state index contributed by atoms with van der Waals surface area (Å²) in [6.45, 7) is 4.67. The molecule has 0 bridgehead atoms. The fourth-order valence-corrected chi connectivity index (χ4v) is 2.08.